The molecule has 2 nitrogen and oxygen atoms in total. The van der Waals surface area contributed by atoms with Gasteiger partial charge >= 0.3 is 0 Å². The maximum Gasteiger partial charge on any atom is 0.161 e. The predicted molar refractivity (Wildman–Crippen MR) is 82.6 cm³/mol. The summed E-state index contributed by atoms with van der Waals surface area (Å²) >= 11 is 0. The Balaban J connectivity index is 1.97. The molecule has 0 radical (unpaired) electrons. The first-order valence-corrected chi connectivity index (χ1v) is 7.27. The Labute approximate surface area is 125 Å². The molecular weight excluding hydrogens is 267 g/mol. The van der Waals surface area contributed by atoms with Crippen molar-refractivity contribution in [1.82, 2.24) is 0 Å². The summed E-state index contributed by atoms with van der Waals surface area (Å²) in [6.07, 6.45) is 2.86. The first-order valence-electron chi connectivity index (χ1n) is 7.27. The lowest BCUT2D eigenvalue weighted by Gasteiger charge is -2.12. The van der Waals surface area contributed by atoms with Crippen molar-refractivity contribution in [2.75, 3.05) is 13.7 Å². The highest BCUT2D eigenvalue weighted by Gasteiger charge is 2.06. The van der Waals surface area contributed by atoms with Crippen LogP contribution in [0.15, 0.2) is 42.5 Å². The average molecular weight is 288 g/mol. The van der Waals surface area contributed by atoms with Crippen molar-refractivity contribution in [2.45, 2.75) is 26.2 Å². The van der Waals surface area contributed by atoms with Gasteiger partial charge in [-0.25, -0.2) is 4.39 Å². The highest BCUT2D eigenvalue weighted by Crippen LogP contribution is 2.28. The number of rotatable bonds is 7. The fourth-order valence-corrected chi connectivity index (χ4v) is 2.21. The molecule has 2 aromatic carbocycles. The van der Waals surface area contributed by atoms with Crippen LogP contribution >= 0.6 is 0 Å². The van der Waals surface area contributed by atoms with Gasteiger partial charge in [0, 0.05) is 6.42 Å². The SMILES string of the molecule is CCCc1ccc(OC)c(OCCc2ccc(F)cc2)c1. The quantitative estimate of drug-likeness (QED) is 0.751. The zero-order chi connectivity index (χ0) is 15.1. The summed E-state index contributed by atoms with van der Waals surface area (Å²) in [5, 5.41) is 0. The Bertz CT molecular complexity index is 564. The van der Waals surface area contributed by atoms with Crippen molar-refractivity contribution in [2.24, 2.45) is 0 Å². The van der Waals surface area contributed by atoms with E-state index in [9.17, 15) is 4.39 Å². The van der Waals surface area contributed by atoms with Crippen LogP contribution < -0.4 is 9.47 Å². The second kappa shape index (κ2) is 7.67. The standard InChI is InChI=1S/C18H21FO2/c1-3-4-15-7-10-17(20-2)18(13-15)21-12-11-14-5-8-16(19)9-6-14/h5-10,13H,3-4,11-12H2,1-2H3. The highest BCUT2D eigenvalue weighted by molar-refractivity contribution is 5.43. The molecule has 0 bridgehead atoms. The Morgan fingerprint density at radius 1 is 0.905 bits per heavy atom. The molecule has 0 aliphatic carbocycles. The van der Waals surface area contributed by atoms with Crippen LogP contribution in [0.25, 0.3) is 0 Å². The maximum absolute atomic E-state index is 12.8. The van der Waals surface area contributed by atoms with E-state index in [-0.39, 0.29) is 5.82 Å². The van der Waals surface area contributed by atoms with Crippen LogP contribution in [0.3, 0.4) is 0 Å². The molecular formula is C18H21FO2. The Kier molecular flexibility index (Phi) is 5.61. The first-order chi connectivity index (χ1) is 10.2. The number of halogens is 1. The van der Waals surface area contributed by atoms with Crippen LogP contribution in [-0.2, 0) is 12.8 Å². The van der Waals surface area contributed by atoms with Crippen LogP contribution in [0.4, 0.5) is 4.39 Å². The van der Waals surface area contributed by atoms with Crippen molar-refractivity contribution in [1.29, 1.82) is 0 Å². The van der Waals surface area contributed by atoms with E-state index in [4.69, 9.17) is 9.47 Å². The number of hydrogen-bond acceptors (Lipinski definition) is 2. The first kappa shape index (κ1) is 15.4. The monoisotopic (exact) mass is 288 g/mol. The van der Waals surface area contributed by atoms with Crippen molar-refractivity contribution in [3.63, 3.8) is 0 Å². The zero-order valence-corrected chi connectivity index (χ0v) is 12.6. The predicted octanol–water partition coefficient (Wildman–Crippen LogP) is 4.41. The molecule has 3 heteroatoms. The van der Waals surface area contributed by atoms with Crippen LogP contribution in [0.1, 0.15) is 24.5 Å². The number of aryl methyl sites for hydroxylation is 1. The van der Waals surface area contributed by atoms with Gasteiger partial charge in [-0.1, -0.05) is 31.5 Å². The fraction of sp³-hybridized carbons (Fsp3) is 0.333. The molecule has 0 unspecified atom stereocenters. The van der Waals surface area contributed by atoms with E-state index in [0.717, 1.165) is 36.3 Å². The van der Waals surface area contributed by atoms with Gasteiger partial charge in [-0.2, -0.15) is 0 Å². The molecule has 0 aromatic heterocycles. The Morgan fingerprint density at radius 3 is 2.29 bits per heavy atom. The molecule has 2 rings (SSSR count). The molecule has 0 fully saturated rings. The van der Waals surface area contributed by atoms with Crippen LogP contribution in [0.5, 0.6) is 11.5 Å². The van der Waals surface area contributed by atoms with E-state index in [1.807, 2.05) is 12.1 Å². The summed E-state index contributed by atoms with van der Waals surface area (Å²) in [6, 6.07) is 12.5. The van der Waals surface area contributed by atoms with Gasteiger partial charge in [0.25, 0.3) is 0 Å². The second-order valence-corrected chi connectivity index (χ2v) is 4.96. The number of methoxy groups -OCH3 is 1. The van der Waals surface area contributed by atoms with Crippen LogP contribution in [-0.4, -0.2) is 13.7 Å². The molecule has 112 valence electrons. The van der Waals surface area contributed by atoms with E-state index >= 15 is 0 Å². The van der Waals surface area contributed by atoms with Crippen molar-refractivity contribution in [3.8, 4) is 11.5 Å². The number of benzene rings is 2. The van der Waals surface area contributed by atoms with E-state index in [1.165, 1.54) is 17.7 Å². The summed E-state index contributed by atoms with van der Waals surface area (Å²) in [4.78, 5) is 0. The molecule has 21 heavy (non-hydrogen) atoms. The molecule has 2 aromatic rings. The minimum absolute atomic E-state index is 0.214. The third kappa shape index (κ3) is 4.48. The van der Waals surface area contributed by atoms with Gasteiger partial charge in [0.15, 0.2) is 11.5 Å². The molecule has 0 spiro atoms. The van der Waals surface area contributed by atoms with Gasteiger partial charge in [0.2, 0.25) is 0 Å². The normalized spacial score (nSPS) is 10.4. The van der Waals surface area contributed by atoms with Gasteiger partial charge in [-0.05, 0) is 41.8 Å². The van der Waals surface area contributed by atoms with Crippen molar-refractivity contribution < 1.29 is 13.9 Å². The highest BCUT2D eigenvalue weighted by atomic mass is 19.1. The van der Waals surface area contributed by atoms with Gasteiger partial charge in [-0.3, -0.25) is 0 Å². The smallest absolute Gasteiger partial charge is 0.161 e. The molecule has 0 amide bonds. The lowest BCUT2D eigenvalue weighted by molar-refractivity contribution is 0.297. The second-order valence-electron chi connectivity index (χ2n) is 4.96. The number of ether oxygens (including phenoxy) is 2. The molecule has 0 atom stereocenters. The van der Waals surface area contributed by atoms with E-state index in [0.29, 0.717) is 6.61 Å². The van der Waals surface area contributed by atoms with Crippen LogP contribution in [0, 0.1) is 5.82 Å². The van der Waals surface area contributed by atoms with Crippen LogP contribution in [0.2, 0.25) is 0 Å². The lowest BCUT2D eigenvalue weighted by Crippen LogP contribution is -2.03. The maximum atomic E-state index is 12.8. The minimum atomic E-state index is -0.214. The fourth-order valence-electron chi connectivity index (χ4n) is 2.21. The molecule has 0 saturated carbocycles. The minimum Gasteiger partial charge on any atom is -0.493 e. The van der Waals surface area contributed by atoms with Crippen molar-refractivity contribution in [3.05, 3.63) is 59.4 Å². The summed E-state index contributed by atoms with van der Waals surface area (Å²) in [6.45, 7) is 2.69. The summed E-state index contributed by atoms with van der Waals surface area (Å²) < 4.78 is 24.0. The topological polar surface area (TPSA) is 18.5 Å². The van der Waals surface area contributed by atoms with E-state index in [1.54, 1.807) is 19.2 Å². The number of hydrogen-bond donors (Lipinski definition) is 0. The van der Waals surface area contributed by atoms with Gasteiger partial charge in [0.1, 0.15) is 5.82 Å². The van der Waals surface area contributed by atoms with Gasteiger partial charge in [-0.15, -0.1) is 0 Å². The molecule has 0 N–H and O–H groups in total. The van der Waals surface area contributed by atoms with E-state index < -0.39 is 0 Å². The largest absolute Gasteiger partial charge is 0.493 e. The van der Waals surface area contributed by atoms with Gasteiger partial charge < -0.3 is 9.47 Å². The average Bonchev–Trinajstić information content (AvgIpc) is 2.50. The molecule has 0 aliphatic heterocycles. The Morgan fingerprint density at radius 2 is 1.62 bits per heavy atom. The molecule has 0 saturated heterocycles. The third-order valence-corrected chi connectivity index (χ3v) is 3.33. The summed E-state index contributed by atoms with van der Waals surface area (Å²) in [7, 11) is 1.64. The Hall–Kier alpha value is -2.03. The van der Waals surface area contributed by atoms with E-state index in [2.05, 4.69) is 13.0 Å². The summed E-state index contributed by atoms with van der Waals surface area (Å²) in [5.41, 5.74) is 2.30. The molecule has 0 aliphatic rings. The third-order valence-electron chi connectivity index (χ3n) is 3.33. The zero-order valence-electron chi connectivity index (χ0n) is 12.6. The molecule has 0 heterocycles. The van der Waals surface area contributed by atoms with Gasteiger partial charge in [0.05, 0.1) is 13.7 Å². The lowest BCUT2D eigenvalue weighted by atomic mass is 10.1. The van der Waals surface area contributed by atoms with Crippen molar-refractivity contribution >= 4 is 0 Å². The summed E-state index contributed by atoms with van der Waals surface area (Å²) in [5.74, 6) is 1.30.